The van der Waals surface area contributed by atoms with Gasteiger partial charge in [-0.3, -0.25) is 9.59 Å². The molecule has 3 aliphatic rings. The van der Waals surface area contributed by atoms with Crippen LogP contribution in [0.3, 0.4) is 0 Å². The lowest BCUT2D eigenvalue weighted by molar-refractivity contribution is -0.283. The van der Waals surface area contributed by atoms with E-state index in [1.54, 1.807) is 13.8 Å². The van der Waals surface area contributed by atoms with Crippen LogP contribution in [0.5, 0.6) is 0 Å². The molecule has 3 fully saturated rings. The molecule has 42 heavy (non-hydrogen) atoms. The number of ketones is 1. The van der Waals surface area contributed by atoms with Crippen molar-refractivity contribution >= 4 is 11.8 Å². The Labute approximate surface area is 253 Å². The molecule has 10 nitrogen and oxygen atoms in total. The minimum absolute atomic E-state index is 0.0113. The second kappa shape index (κ2) is 14.3. The number of aliphatic hydroxyl groups is 1. The molecular formula is C32H59N3O7. The predicted octanol–water partition coefficient (Wildman–Crippen LogP) is 2.75. The van der Waals surface area contributed by atoms with Crippen LogP contribution in [-0.4, -0.2) is 109 Å². The first-order valence-electron chi connectivity index (χ1n) is 16.1. The highest BCUT2D eigenvalue weighted by Gasteiger charge is 2.50. The zero-order valence-electron chi connectivity index (χ0n) is 27.9. The van der Waals surface area contributed by atoms with Gasteiger partial charge in [0.05, 0.1) is 30.5 Å². The van der Waals surface area contributed by atoms with Crippen molar-refractivity contribution in [2.75, 3.05) is 33.8 Å². The van der Waals surface area contributed by atoms with Crippen LogP contribution in [0.25, 0.3) is 0 Å². The molecule has 3 saturated heterocycles. The first-order chi connectivity index (χ1) is 19.5. The molecule has 3 rings (SSSR count). The summed E-state index contributed by atoms with van der Waals surface area (Å²) in [5.41, 5.74) is -2.25. The normalized spacial score (nSPS) is 46.8. The molecule has 0 aromatic heterocycles. The Bertz CT molecular complexity index is 917. The Balaban J connectivity index is 2.10. The molecule has 244 valence electrons. The third-order valence-corrected chi connectivity index (χ3v) is 10.1. The molecule has 13 atom stereocenters. The van der Waals surface area contributed by atoms with Gasteiger partial charge in [-0.05, 0) is 80.4 Å². The minimum atomic E-state index is -1.39. The van der Waals surface area contributed by atoms with Crippen molar-refractivity contribution in [2.45, 2.75) is 136 Å². The summed E-state index contributed by atoms with van der Waals surface area (Å²) in [4.78, 5) is 29.7. The van der Waals surface area contributed by atoms with Gasteiger partial charge in [0.2, 0.25) is 0 Å². The summed E-state index contributed by atoms with van der Waals surface area (Å²) in [6.07, 6.45) is -0.120. The monoisotopic (exact) mass is 597 g/mol. The number of hydrogen-bond donors (Lipinski definition) is 3. The van der Waals surface area contributed by atoms with E-state index in [1.165, 1.54) is 0 Å². The third kappa shape index (κ3) is 7.73. The maximum atomic E-state index is 14.1. The van der Waals surface area contributed by atoms with Crippen LogP contribution < -0.4 is 10.6 Å². The second-order valence-electron chi connectivity index (χ2n) is 14.1. The molecule has 0 radical (unpaired) electrons. The number of carbonyl (C=O) groups is 2. The number of cyclic esters (lactones) is 1. The van der Waals surface area contributed by atoms with Crippen molar-refractivity contribution in [3.63, 3.8) is 0 Å². The van der Waals surface area contributed by atoms with Gasteiger partial charge in [-0.25, -0.2) is 0 Å². The molecular weight excluding hydrogens is 538 g/mol. The van der Waals surface area contributed by atoms with E-state index in [4.69, 9.17) is 18.9 Å². The number of esters is 1. The number of carbonyl (C=O) groups excluding carboxylic acids is 2. The van der Waals surface area contributed by atoms with Crippen LogP contribution in [0.1, 0.15) is 81.6 Å². The Hall–Kier alpha value is -1.14. The standard InChI is InChI=1S/C32H59N3O7/c1-12-25-32(9,38)27-23(7)34-17-18(2)16-31(8,39-14-13-33-27)28(21(5)26(36)22(6)29(37)41-25)42-30-20(4)24(35(10)11)15-19(3)40-30/h18-25,27-28,30,33-34,38H,12-17H2,1-11H3/t18-,19?,20?,21+,22-,23-,24?,25-,27-,28-,30?,31-,32-/m1/s1. The lowest BCUT2D eigenvalue weighted by atomic mass is 9.78. The van der Waals surface area contributed by atoms with Gasteiger partial charge in [0.1, 0.15) is 17.6 Å². The summed E-state index contributed by atoms with van der Waals surface area (Å²) in [6, 6.07) is -0.310. The first kappa shape index (κ1) is 35.3. The molecule has 0 aromatic carbocycles. The van der Waals surface area contributed by atoms with Gasteiger partial charge in [-0.1, -0.05) is 27.7 Å². The van der Waals surface area contributed by atoms with Crippen LogP contribution in [0, 0.1) is 23.7 Å². The summed E-state index contributed by atoms with van der Waals surface area (Å²) in [5, 5.41) is 18.9. The Morgan fingerprint density at radius 3 is 2.36 bits per heavy atom. The summed E-state index contributed by atoms with van der Waals surface area (Å²) >= 11 is 0. The van der Waals surface area contributed by atoms with Crippen molar-refractivity contribution in [1.29, 1.82) is 0 Å². The molecule has 2 bridgehead atoms. The second-order valence-corrected chi connectivity index (χ2v) is 14.1. The molecule has 4 unspecified atom stereocenters. The van der Waals surface area contributed by atoms with E-state index in [2.05, 4.69) is 50.4 Å². The van der Waals surface area contributed by atoms with Crippen molar-refractivity contribution in [3.8, 4) is 0 Å². The average Bonchev–Trinajstić information content (AvgIpc) is 2.94. The van der Waals surface area contributed by atoms with Crippen molar-refractivity contribution in [2.24, 2.45) is 23.7 Å². The Morgan fingerprint density at radius 1 is 1.07 bits per heavy atom. The van der Waals surface area contributed by atoms with Crippen LogP contribution >= 0.6 is 0 Å². The molecule has 10 heteroatoms. The van der Waals surface area contributed by atoms with E-state index < -0.39 is 53.5 Å². The summed E-state index contributed by atoms with van der Waals surface area (Å²) < 4.78 is 25.9. The molecule has 0 aliphatic carbocycles. The topological polar surface area (TPSA) is 119 Å². The van der Waals surface area contributed by atoms with Gasteiger partial charge in [0.25, 0.3) is 0 Å². The third-order valence-electron chi connectivity index (χ3n) is 10.1. The van der Waals surface area contributed by atoms with E-state index >= 15 is 0 Å². The zero-order chi connectivity index (χ0) is 31.6. The largest absolute Gasteiger partial charge is 0.459 e. The van der Waals surface area contributed by atoms with E-state index in [-0.39, 0.29) is 35.8 Å². The molecule has 0 spiro atoms. The zero-order valence-corrected chi connectivity index (χ0v) is 27.9. The highest BCUT2D eigenvalue weighted by atomic mass is 16.7. The van der Waals surface area contributed by atoms with Crippen LogP contribution in [0.15, 0.2) is 0 Å². The maximum absolute atomic E-state index is 14.1. The highest BCUT2D eigenvalue weighted by Crippen LogP contribution is 2.38. The van der Waals surface area contributed by atoms with Crippen molar-refractivity contribution < 1.29 is 33.6 Å². The number of fused-ring (bicyclic) bond motifs is 5. The van der Waals surface area contributed by atoms with Crippen LogP contribution in [0.4, 0.5) is 0 Å². The number of rotatable bonds is 4. The average molecular weight is 598 g/mol. The van der Waals surface area contributed by atoms with Crippen LogP contribution in [-0.2, 0) is 28.5 Å². The first-order valence-corrected chi connectivity index (χ1v) is 16.1. The lowest BCUT2D eigenvalue weighted by Crippen LogP contribution is -2.64. The number of nitrogens with zero attached hydrogens (tertiary/aromatic N) is 1. The van der Waals surface area contributed by atoms with Gasteiger partial charge < -0.3 is 39.6 Å². The Kier molecular flexibility index (Phi) is 12.0. The minimum Gasteiger partial charge on any atom is -0.459 e. The van der Waals surface area contributed by atoms with Crippen molar-refractivity contribution in [3.05, 3.63) is 0 Å². The number of nitrogens with one attached hydrogen (secondary N) is 2. The molecule has 3 N–H and O–H groups in total. The van der Waals surface area contributed by atoms with Crippen molar-refractivity contribution in [1.82, 2.24) is 15.5 Å². The van der Waals surface area contributed by atoms with E-state index in [1.807, 2.05) is 27.7 Å². The van der Waals surface area contributed by atoms with Gasteiger partial charge in [0.15, 0.2) is 12.1 Å². The SMILES string of the molecule is CC[C@H]1OC(=O)[C@H](C)C(=O)[C@H](C)[C@@H](OC2OC(C)CC(N(C)C)C2C)[C@@]2(C)C[C@@H](C)CN[C@H](C)[C@@H](NCCO2)[C@]1(C)O. The number of hydrogen-bond acceptors (Lipinski definition) is 10. The van der Waals surface area contributed by atoms with Crippen LogP contribution in [0.2, 0.25) is 0 Å². The highest BCUT2D eigenvalue weighted by molar-refractivity contribution is 6.00. The number of Topliss-reactive ketones (excluding diaryl/α,β-unsaturated/α-hetero) is 1. The quantitative estimate of drug-likeness (QED) is 0.330. The fraction of sp³-hybridized carbons (Fsp3) is 0.938. The van der Waals surface area contributed by atoms with Gasteiger partial charge in [-0.2, -0.15) is 0 Å². The summed E-state index contributed by atoms with van der Waals surface area (Å²) in [5.74, 6) is -2.41. The smallest absolute Gasteiger partial charge is 0.316 e. The molecule has 3 heterocycles. The van der Waals surface area contributed by atoms with E-state index in [0.717, 1.165) is 6.42 Å². The maximum Gasteiger partial charge on any atom is 0.316 e. The molecule has 0 aromatic rings. The van der Waals surface area contributed by atoms with Gasteiger partial charge >= 0.3 is 5.97 Å². The van der Waals surface area contributed by atoms with E-state index in [9.17, 15) is 14.7 Å². The summed E-state index contributed by atoms with van der Waals surface area (Å²) in [6.45, 7) is 18.9. The molecule has 0 saturated carbocycles. The van der Waals surface area contributed by atoms with E-state index in [0.29, 0.717) is 32.5 Å². The Morgan fingerprint density at radius 2 is 1.74 bits per heavy atom. The number of ether oxygens (including phenoxy) is 4. The summed E-state index contributed by atoms with van der Waals surface area (Å²) in [7, 11) is 4.14. The fourth-order valence-corrected chi connectivity index (χ4v) is 7.55. The van der Waals surface area contributed by atoms with Gasteiger partial charge in [0, 0.05) is 30.5 Å². The predicted molar refractivity (Wildman–Crippen MR) is 162 cm³/mol. The fourth-order valence-electron chi connectivity index (χ4n) is 7.55. The van der Waals surface area contributed by atoms with Gasteiger partial charge in [-0.15, -0.1) is 0 Å². The molecule has 0 amide bonds. The lowest BCUT2D eigenvalue weighted by Gasteiger charge is -2.48. The molecule has 3 aliphatic heterocycles.